The van der Waals surface area contributed by atoms with Crippen LogP contribution in [0.25, 0.3) is 0 Å². The minimum Gasteiger partial charge on any atom is -0.308 e. The Kier molecular flexibility index (Phi) is 4.13. The number of amides is 2. The molecule has 0 spiro atoms. The second-order valence-corrected chi connectivity index (χ2v) is 4.60. The molecule has 0 aliphatic carbocycles. The van der Waals surface area contributed by atoms with Crippen molar-refractivity contribution in [2.45, 2.75) is 19.8 Å². The van der Waals surface area contributed by atoms with Crippen LogP contribution in [0, 0.1) is 0 Å². The average molecular weight is 255 g/mol. The molecule has 4 heteroatoms. The number of nitrogens with zero attached hydrogens (tertiary/aromatic N) is 1. The van der Waals surface area contributed by atoms with Crippen LogP contribution in [-0.4, -0.2) is 11.0 Å². The van der Waals surface area contributed by atoms with Gasteiger partial charge in [0, 0.05) is 11.9 Å². The van der Waals surface area contributed by atoms with E-state index in [1.54, 1.807) is 24.5 Å². The largest absolute Gasteiger partial charge is 0.323 e. The van der Waals surface area contributed by atoms with Gasteiger partial charge in [-0.15, -0.1) is 0 Å². The molecule has 2 N–H and O–H groups in total. The van der Waals surface area contributed by atoms with Crippen molar-refractivity contribution >= 4 is 17.4 Å². The van der Waals surface area contributed by atoms with Gasteiger partial charge >= 0.3 is 6.03 Å². The zero-order valence-corrected chi connectivity index (χ0v) is 11.1. The molecular formula is C15H17N3O. The summed E-state index contributed by atoms with van der Waals surface area (Å²) in [5, 5.41) is 5.49. The maximum Gasteiger partial charge on any atom is 0.323 e. The standard InChI is InChI=1S/C15H17N3O/c1-11(2)12-5-7-13(8-6-12)17-15(19)18-14-4-3-9-16-10-14/h3-11H,1-2H3,(H2,17,18,19). The minimum atomic E-state index is -0.273. The van der Waals surface area contributed by atoms with E-state index in [1.165, 1.54) is 5.56 Å². The van der Waals surface area contributed by atoms with E-state index in [2.05, 4.69) is 29.5 Å². The van der Waals surface area contributed by atoms with E-state index in [1.807, 2.05) is 24.3 Å². The molecule has 0 bridgehead atoms. The SMILES string of the molecule is CC(C)c1ccc(NC(=O)Nc2cccnc2)cc1. The molecule has 2 aromatic rings. The minimum absolute atomic E-state index is 0.273. The Morgan fingerprint density at radius 2 is 1.74 bits per heavy atom. The molecule has 1 aromatic carbocycles. The van der Waals surface area contributed by atoms with Crippen LogP contribution in [0.15, 0.2) is 48.8 Å². The summed E-state index contributed by atoms with van der Waals surface area (Å²) in [6.07, 6.45) is 3.26. The molecule has 98 valence electrons. The molecular weight excluding hydrogens is 238 g/mol. The molecule has 1 aromatic heterocycles. The Hall–Kier alpha value is -2.36. The smallest absolute Gasteiger partial charge is 0.308 e. The molecule has 0 atom stereocenters. The third-order valence-electron chi connectivity index (χ3n) is 2.75. The molecule has 19 heavy (non-hydrogen) atoms. The van der Waals surface area contributed by atoms with Crippen LogP contribution in [0.3, 0.4) is 0 Å². The van der Waals surface area contributed by atoms with Crippen molar-refractivity contribution < 1.29 is 4.79 Å². The third kappa shape index (κ3) is 3.81. The summed E-state index contributed by atoms with van der Waals surface area (Å²) in [5.41, 5.74) is 2.68. The summed E-state index contributed by atoms with van der Waals surface area (Å²) in [7, 11) is 0. The first kappa shape index (κ1) is 13.1. The van der Waals surface area contributed by atoms with Crippen molar-refractivity contribution in [3.05, 3.63) is 54.4 Å². The Morgan fingerprint density at radius 3 is 2.32 bits per heavy atom. The second-order valence-electron chi connectivity index (χ2n) is 4.60. The van der Waals surface area contributed by atoms with E-state index in [9.17, 15) is 4.79 Å². The summed E-state index contributed by atoms with van der Waals surface area (Å²) in [6.45, 7) is 4.27. The molecule has 0 radical (unpaired) electrons. The van der Waals surface area contributed by atoms with Gasteiger partial charge in [0.2, 0.25) is 0 Å². The highest BCUT2D eigenvalue weighted by atomic mass is 16.2. The van der Waals surface area contributed by atoms with Gasteiger partial charge in [0.15, 0.2) is 0 Å². The quantitative estimate of drug-likeness (QED) is 0.875. The highest BCUT2D eigenvalue weighted by Crippen LogP contribution is 2.17. The zero-order valence-electron chi connectivity index (χ0n) is 11.1. The summed E-state index contributed by atoms with van der Waals surface area (Å²) in [5.74, 6) is 0.485. The lowest BCUT2D eigenvalue weighted by Gasteiger charge is -2.09. The number of anilines is 2. The number of benzene rings is 1. The predicted molar refractivity (Wildman–Crippen MR) is 77.4 cm³/mol. The second kappa shape index (κ2) is 6.00. The van der Waals surface area contributed by atoms with E-state index >= 15 is 0 Å². The number of carbonyl (C=O) groups excluding carboxylic acids is 1. The molecule has 0 saturated heterocycles. The zero-order chi connectivity index (χ0) is 13.7. The Labute approximate surface area is 112 Å². The van der Waals surface area contributed by atoms with Crippen LogP contribution >= 0.6 is 0 Å². The summed E-state index contributed by atoms with van der Waals surface area (Å²) < 4.78 is 0. The highest BCUT2D eigenvalue weighted by Gasteiger charge is 2.03. The molecule has 0 saturated carbocycles. The van der Waals surface area contributed by atoms with Gasteiger partial charge in [0.1, 0.15) is 0 Å². The fourth-order valence-corrected chi connectivity index (χ4v) is 1.68. The molecule has 1 heterocycles. The van der Waals surface area contributed by atoms with E-state index < -0.39 is 0 Å². The molecule has 2 rings (SSSR count). The van der Waals surface area contributed by atoms with Crippen molar-refractivity contribution in [2.75, 3.05) is 10.6 Å². The number of urea groups is 1. The fourth-order valence-electron chi connectivity index (χ4n) is 1.68. The van der Waals surface area contributed by atoms with Crippen LogP contribution in [0.4, 0.5) is 16.2 Å². The van der Waals surface area contributed by atoms with Crippen LogP contribution < -0.4 is 10.6 Å². The lowest BCUT2D eigenvalue weighted by Crippen LogP contribution is -2.19. The van der Waals surface area contributed by atoms with E-state index in [0.29, 0.717) is 11.6 Å². The number of rotatable bonds is 3. The van der Waals surface area contributed by atoms with Crippen molar-refractivity contribution in [3.63, 3.8) is 0 Å². The third-order valence-corrected chi connectivity index (χ3v) is 2.75. The summed E-state index contributed by atoms with van der Waals surface area (Å²) in [6, 6.07) is 11.1. The van der Waals surface area contributed by atoms with Gasteiger partial charge in [0.25, 0.3) is 0 Å². The van der Waals surface area contributed by atoms with Gasteiger partial charge < -0.3 is 10.6 Å². The predicted octanol–water partition coefficient (Wildman–Crippen LogP) is 3.85. The molecule has 0 unspecified atom stereocenters. The van der Waals surface area contributed by atoms with Crippen LogP contribution in [0.2, 0.25) is 0 Å². The van der Waals surface area contributed by atoms with E-state index in [4.69, 9.17) is 0 Å². The van der Waals surface area contributed by atoms with Crippen molar-refractivity contribution in [2.24, 2.45) is 0 Å². The number of nitrogens with one attached hydrogen (secondary N) is 2. The number of pyridine rings is 1. The monoisotopic (exact) mass is 255 g/mol. The lowest BCUT2D eigenvalue weighted by atomic mass is 10.0. The van der Waals surface area contributed by atoms with E-state index in [0.717, 1.165) is 5.69 Å². The van der Waals surface area contributed by atoms with Crippen LogP contribution in [0.5, 0.6) is 0 Å². The number of hydrogen-bond acceptors (Lipinski definition) is 2. The van der Waals surface area contributed by atoms with Gasteiger partial charge in [-0.2, -0.15) is 0 Å². The van der Waals surface area contributed by atoms with Crippen molar-refractivity contribution in [3.8, 4) is 0 Å². The highest BCUT2D eigenvalue weighted by molar-refractivity contribution is 5.99. The first-order valence-electron chi connectivity index (χ1n) is 6.23. The maximum absolute atomic E-state index is 11.8. The Morgan fingerprint density at radius 1 is 1.05 bits per heavy atom. The maximum atomic E-state index is 11.8. The van der Waals surface area contributed by atoms with Crippen LogP contribution in [0.1, 0.15) is 25.3 Å². The fraction of sp³-hybridized carbons (Fsp3) is 0.200. The van der Waals surface area contributed by atoms with Gasteiger partial charge in [-0.25, -0.2) is 4.79 Å². The Balaban J connectivity index is 1.95. The van der Waals surface area contributed by atoms with E-state index in [-0.39, 0.29) is 6.03 Å². The van der Waals surface area contributed by atoms with Gasteiger partial charge in [0.05, 0.1) is 11.9 Å². The summed E-state index contributed by atoms with van der Waals surface area (Å²) >= 11 is 0. The molecule has 0 aliphatic heterocycles. The van der Waals surface area contributed by atoms with Crippen LogP contribution in [-0.2, 0) is 0 Å². The first-order chi connectivity index (χ1) is 9.15. The van der Waals surface area contributed by atoms with Gasteiger partial charge in [-0.1, -0.05) is 26.0 Å². The normalized spacial score (nSPS) is 10.3. The van der Waals surface area contributed by atoms with Gasteiger partial charge in [-0.3, -0.25) is 4.98 Å². The summed E-state index contributed by atoms with van der Waals surface area (Å²) in [4.78, 5) is 15.7. The topological polar surface area (TPSA) is 54.0 Å². The number of aromatic nitrogens is 1. The number of hydrogen-bond donors (Lipinski definition) is 2. The molecule has 0 fully saturated rings. The molecule has 0 aliphatic rings. The van der Waals surface area contributed by atoms with Crippen molar-refractivity contribution in [1.82, 2.24) is 4.98 Å². The Bertz CT molecular complexity index is 535. The molecule has 2 amide bonds. The number of carbonyl (C=O) groups is 1. The van der Waals surface area contributed by atoms with Crippen molar-refractivity contribution in [1.29, 1.82) is 0 Å². The first-order valence-corrected chi connectivity index (χ1v) is 6.23. The molecule has 4 nitrogen and oxygen atoms in total. The average Bonchev–Trinajstić information content (AvgIpc) is 2.40. The van der Waals surface area contributed by atoms with Gasteiger partial charge in [-0.05, 0) is 35.7 Å². The lowest BCUT2D eigenvalue weighted by molar-refractivity contribution is 0.262.